The Morgan fingerprint density at radius 1 is 0.844 bits per heavy atom. The van der Waals surface area contributed by atoms with Gasteiger partial charge in [-0.2, -0.15) is 5.26 Å². The minimum absolute atomic E-state index is 0.0603. The van der Waals surface area contributed by atoms with E-state index in [9.17, 15) is 10.1 Å². The molecular formula is C25H28N2O5. The summed E-state index contributed by atoms with van der Waals surface area (Å²) in [5.74, 6) is -0.681. The molecule has 0 aliphatic carbocycles. The number of nitrogens with zero attached hydrogens (tertiary/aromatic N) is 1. The lowest BCUT2D eigenvalue weighted by Gasteiger charge is -2.06. The van der Waals surface area contributed by atoms with Gasteiger partial charge in [0, 0.05) is 12.8 Å². The maximum absolute atomic E-state index is 12.1. The van der Waals surface area contributed by atoms with Gasteiger partial charge in [0.1, 0.15) is 18.2 Å². The Hall–Kier alpha value is -3.44. The second-order valence-corrected chi connectivity index (χ2v) is 6.69. The molecule has 0 radical (unpaired) electrons. The van der Waals surface area contributed by atoms with Crippen molar-refractivity contribution in [1.29, 1.82) is 5.26 Å². The predicted octanol–water partition coefficient (Wildman–Crippen LogP) is 3.57. The van der Waals surface area contributed by atoms with E-state index < -0.39 is 5.97 Å². The summed E-state index contributed by atoms with van der Waals surface area (Å²) in [6.07, 6.45) is 5.46. The molecule has 168 valence electrons. The van der Waals surface area contributed by atoms with E-state index in [4.69, 9.17) is 24.7 Å². The summed E-state index contributed by atoms with van der Waals surface area (Å²) < 4.78 is 20.5. The summed E-state index contributed by atoms with van der Waals surface area (Å²) >= 11 is 0. The van der Waals surface area contributed by atoms with Crippen molar-refractivity contribution in [3.63, 3.8) is 0 Å². The van der Waals surface area contributed by atoms with Crippen LogP contribution in [0.15, 0.2) is 54.1 Å². The molecule has 0 saturated heterocycles. The highest BCUT2D eigenvalue weighted by Crippen LogP contribution is 2.14. The summed E-state index contributed by atoms with van der Waals surface area (Å²) in [7, 11) is 1.61. The molecule has 0 atom stereocenters. The van der Waals surface area contributed by atoms with Crippen molar-refractivity contribution in [2.24, 2.45) is 0 Å². The van der Waals surface area contributed by atoms with E-state index in [1.165, 1.54) is 6.08 Å². The van der Waals surface area contributed by atoms with E-state index in [0.717, 1.165) is 22.4 Å². The quantitative estimate of drug-likeness (QED) is 0.128. The number of hydrogen-bond donors (Lipinski definition) is 1. The molecule has 0 fully saturated rings. The number of carbonyl (C=O) groups excluding carboxylic acids is 1. The van der Waals surface area contributed by atoms with Crippen LogP contribution in [0.2, 0.25) is 0 Å². The molecule has 0 saturated carbocycles. The smallest absolute Gasteiger partial charge is 0.348 e. The molecule has 0 unspecified atom stereocenters. The number of carbonyl (C=O) groups is 1. The molecule has 0 aromatic heterocycles. The Kier molecular flexibility index (Phi) is 11.3. The average Bonchev–Trinajstić information content (AvgIpc) is 2.81. The Morgan fingerprint density at radius 3 is 1.91 bits per heavy atom. The summed E-state index contributed by atoms with van der Waals surface area (Å²) in [6, 6.07) is 16.9. The molecule has 2 rings (SSSR count). The van der Waals surface area contributed by atoms with E-state index in [2.05, 4.69) is 0 Å². The number of anilines is 1. The van der Waals surface area contributed by atoms with Crippen molar-refractivity contribution in [2.75, 3.05) is 52.5 Å². The molecule has 0 aliphatic rings. The van der Waals surface area contributed by atoms with Crippen LogP contribution in [-0.2, 0) is 23.7 Å². The third-order valence-electron chi connectivity index (χ3n) is 4.26. The number of nitriles is 1. The van der Waals surface area contributed by atoms with Crippen molar-refractivity contribution in [3.8, 4) is 6.07 Å². The highest BCUT2D eigenvalue weighted by molar-refractivity contribution is 5.97. The number of nitrogens with two attached hydrogens (primary N) is 1. The van der Waals surface area contributed by atoms with E-state index in [-0.39, 0.29) is 18.8 Å². The van der Waals surface area contributed by atoms with Gasteiger partial charge in [0.2, 0.25) is 0 Å². The molecule has 7 nitrogen and oxygen atoms in total. The third-order valence-corrected chi connectivity index (χ3v) is 4.26. The SMILES string of the molecule is COCCOCCOCCOC(=O)/C(C#N)=C/c1ccc(/C=C/c2ccc(N)cc2)cc1. The fraction of sp³-hybridized carbons (Fsp3) is 0.280. The predicted molar refractivity (Wildman–Crippen MR) is 124 cm³/mol. The van der Waals surface area contributed by atoms with Crippen LogP contribution >= 0.6 is 0 Å². The highest BCUT2D eigenvalue weighted by atomic mass is 16.6. The molecule has 32 heavy (non-hydrogen) atoms. The number of benzene rings is 2. The Balaban J connectivity index is 1.78. The molecule has 2 N–H and O–H groups in total. The van der Waals surface area contributed by atoms with Crippen LogP contribution in [0.4, 0.5) is 5.69 Å². The Labute approximate surface area is 188 Å². The van der Waals surface area contributed by atoms with Crippen LogP contribution in [0.3, 0.4) is 0 Å². The van der Waals surface area contributed by atoms with Crippen LogP contribution < -0.4 is 5.73 Å². The first kappa shape index (κ1) is 24.8. The lowest BCUT2D eigenvalue weighted by Crippen LogP contribution is -2.14. The second kappa shape index (κ2) is 14.5. The number of esters is 1. The zero-order valence-electron chi connectivity index (χ0n) is 18.2. The fourth-order valence-electron chi connectivity index (χ4n) is 2.54. The van der Waals surface area contributed by atoms with E-state index in [1.807, 2.05) is 66.8 Å². The van der Waals surface area contributed by atoms with Crippen molar-refractivity contribution >= 4 is 29.9 Å². The van der Waals surface area contributed by atoms with Crippen molar-refractivity contribution in [3.05, 3.63) is 70.8 Å². The van der Waals surface area contributed by atoms with Gasteiger partial charge in [-0.1, -0.05) is 48.6 Å². The number of rotatable bonds is 13. The van der Waals surface area contributed by atoms with Crippen molar-refractivity contribution < 1.29 is 23.7 Å². The molecule has 0 spiro atoms. The van der Waals surface area contributed by atoms with Gasteiger partial charge in [-0.15, -0.1) is 0 Å². The first-order chi connectivity index (χ1) is 15.6. The maximum atomic E-state index is 12.1. The van der Waals surface area contributed by atoms with Gasteiger partial charge in [0.05, 0.1) is 33.0 Å². The third kappa shape index (κ3) is 9.58. The monoisotopic (exact) mass is 436 g/mol. The van der Waals surface area contributed by atoms with Crippen LogP contribution in [0.1, 0.15) is 16.7 Å². The zero-order chi connectivity index (χ0) is 23.0. The van der Waals surface area contributed by atoms with E-state index >= 15 is 0 Å². The summed E-state index contributed by atoms with van der Waals surface area (Å²) in [5.41, 5.74) is 9.10. The molecule has 0 bridgehead atoms. The molecular weight excluding hydrogens is 408 g/mol. The van der Waals surface area contributed by atoms with Gasteiger partial charge in [0.25, 0.3) is 0 Å². The van der Waals surface area contributed by atoms with Gasteiger partial charge in [-0.05, 0) is 34.9 Å². The molecule has 0 aliphatic heterocycles. The van der Waals surface area contributed by atoms with E-state index in [1.54, 1.807) is 7.11 Å². The van der Waals surface area contributed by atoms with Gasteiger partial charge in [-0.3, -0.25) is 0 Å². The molecule has 2 aromatic rings. The number of methoxy groups -OCH3 is 1. The van der Waals surface area contributed by atoms with Crippen LogP contribution in [-0.4, -0.2) is 52.7 Å². The number of ether oxygens (including phenoxy) is 4. The topological polar surface area (TPSA) is 104 Å². The highest BCUT2D eigenvalue weighted by Gasteiger charge is 2.10. The summed E-state index contributed by atoms with van der Waals surface area (Å²) in [4.78, 5) is 12.1. The first-order valence-electron chi connectivity index (χ1n) is 10.2. The minimum atomic E-state index is -0.681. The first-order valence-corrected chi connectivity index (χ1v) is 10.2. The van der Waals surface area contributed by atoms with Gasteiger partial charge in [0.15, 0.2) is 0 Å². The molecule has 7 heteroatoms. The standard InChI is InChI=1S/C25H28N2O5/c1-29-12-13-30-14-15-31-16-17-32-25(28)23(19-26)18-22-6-4-20(5-7-22)2-3-21-8-10-24(27)11-9-21/h2-11,18H,12-17,27H2,1H3/b3-2+,23-18+. The Morgan fingerprint density at radius 2 is 1.34 bits per heavy atom. The van der Waals surface area contributed by atoms with E-state index in [0.29, 0.717) is 26.4 Å². The van der Waals surface area contributed by atoms with Gasteiger partial charge < -0.3 is 24.7 Å². The van der Waals surface area contributed by atoms with Crippen LogP contribution in [0, 0.1) is 11.3 Å². The maximum Gasteiger partial charge on any atom is 0.348 e. The largest absolute Gasteiger partial charge is 0.459 e. The van der Waals surface area contributed by atoms with Crippen molar-refractivity contribution in [2.45, 2.75) is 0 Å². The zero-order valence-corrected chi connectivity index (χ0v) is 18.2. The normalized spacial score (nSPS) is 11.4. The van der Waals surface area contributed by atoms with Gasteiger partial charge in [-0.25, -0.2) is 4.79 Å². The summed E-state index contributed by atoms with van der Waals surface area (Å²) in [5, 5.41) is 9.29. The second-order valence-electron chi connectivity index (χ2n) is 6.69. The fourth-order valence-corrected chi connectivity index (χ4v) is 2.54. The molecule has 2 aromatic carbocycles. The number of nitrogen functional groups attached to an aromatic ring is 1. The Bertz CT molecular complexity index is 928. The lowest BCUT2D eigenvalue weighted by molar-refractivity contribution is -0.140. The number of hydrogen-bond acceptors (Lipinski definition) is 7. The van der Waals surface area contributed by atoms with Crippen LogP contribution in [0.5, 0.6) is 0 Å². The van der Waals surface area contributed by atoms with Gasteiger partial charge >= 0.3 is 5.97 Å². The van der Waals surface area contributed by atoms with Crippen molar-refractivity contribution in [1.82, 2.24) is 0 Å². The molecule has 0 heterocycles. The average molecular weight is 437 g/mol. The minimum Gasteiger partial charge on any atom is -0.459 e. The molecule has 0 amide bonds. The lowest BCUT2D eigenvalue weighted by atomic mass is 10.1. The summed E-state index contributed by atoms with van der Waals surface area (Å²) in [6.45, 7) is 2.15. The van der Waals surface area contributed by atoms with Crippen LogP contribution in [0.25, 0.3) is 18.2 Å².